The first-order valence-electron chi connectivity index (χ1n) is 7.26. The third-order valence-electron chi connectivity index (χ3n) is 4.42. The zero-order valence-corrected chi connectivity index (χ0v) is 11.8. The number of amides is 1. The lowest BCUT2D eigenvalue weighted by Crippen LogP contribution is -2.45. The molecular formula is C16H22N2O. The van der Waals surface area contributed by atoms with E-state index in [1.807, 2.05) is 11.0 Å². The summed E-state index contributed by atoms with van der Waals surface area (Å²) in [4.78, 5) is 17.1. The molecule has 1 saturated heterocycles. The molecule has 2 atom stereocenters. The van der Waals surface area contributed by atoms with E-state index in [1.54, 1.807) is 0 Å². The molecule has 0 radical (unpaired) electrons. The highest BCUT2D eigenvalue weighted by Gasteiger charge is 2.35. The molecule has 19 heavy (non-hydrogen) atoms. The summed E-state index contributed by atoms with van der Waals surface area (Å²) in [6.07, 6.45) is 3.16. The van der Waals surface area contributed by atoms with Gasteiger partial charge in [0.25, 0.3) is 0 Å². The summed E-state index contributed by atoms with van der Waals surface area (Å²) in [5, 5.41) is 0. The summed E-state index contributed by atoms with van der Waals surface area (Å²) >= 11 is 0. The lowest BCUT2D eigenvalue weighted by molar-refractivity contribution is -0.124. The summed E-state index contributed by atoms with van der Waals surface area (Å²) < 4.78 is 0. The minimum absolute atomic E-state index is 0.173. The van der Waals surface area contributed by atoms with Gasteiger partial charge in [0.15, 0.2) is 0 Å². The molecule has 2 aliphatic rings. The molecular weight excluding hydrogens is 236 g/mol. The van der Waals surface area contributed by atoms with Crippen LogP contribution in [-0.2, 0) is 11.2 Å². The average Bonchev–Trinajstić information content (AvgIpc) is 2.74. The van der Waals surface area contributed by atoms with Crippen molar-refractivity contribution >= 4 is 11.6 Å². The molecule has 3 heteroatoms. The molecule has 1 amide bonds. The number of fused-ring (bicyclic) bond motifs is 1. The molecule has 0 N–H and O–H groups in total. The predicted molar refractivity (Wildman–Crippen MR) is 77.3 cm³/mol. The number of carbonyl (C=O) groups is 1. The fourth-order valence-electron chi connectivity index (χ4n) is 3.47. The first-order chi connectivity index (χ1) is 9.16. The third-order valence-corrected chi connectivity index (χ3v) is 4.42. The first-order valence-corrected chi connectivity index (χ1v) is 7.26. The number of carbonyl (C=O) groups excluding carboxylic acids is 1. The van der Waals surface area contributed by atoms with E-state index in [0.717, 1.165) is 38.0 Å². The number of para-hydroxylation sites is 1. The molecule has 0 spiro atoms. The average molecular weight is 258 g/mol. The highest BCUT2D eigenvalue weighted by Crippen LogP contribution is 2.34. The van der Waals surface area contributed by atoms with Crippen LogP contribution in [0, 0.1) is 5.92 Å². The Hall–Kier alpha value is -1.35. The molecule has 0 bridgehead atoms. The third kappa shape index (κ3) is 2.27. The number of hydrogen-bond donors (Lipinski definition) is 0. The van der Waals surface area contributed by atoms with Crippen LogP contribution in [0.5, 0.6) is 0 Å². The summed E-state index contributed by atoms with van der Waals surface area (Å²) in [5.41, 5.74) is 2.45. The molecule has 0 aliphatic carbocycles. The van der Waals surface area contributed by atoms with Gasteiger partial charge in [-0.2, -0.15) is 0 Å². The molecule has 0 saturated carbocycles. The normalized spacial score (nSPS) is 27.4. The van der Waals surface area contributed by atoms with Gasteiger partial charge in [-0.05, 0) is 51.4 Å². The van der Waals surface area contributed by atoms with E-state index in [0.29, 0.717) is 11.9 Å². The lowest BCUT2D eigenvalue weighted by Gasteiger charge is -2.33. The Morgan fingerprint density at radius 1 is 1.32 bits per heavy atom. The van der Waals surface area contributed by atoms with Crippen LogP contribution < -0.4 is 4.90 Å². The van der Waals surface area contributed by atoms with Crippen LogP contribution in [0.15, 0.2) is 24.3 Å². The van der Waals surface area contributed by atoms with E-state index in [1.165, 1.54) is 5.56 Å². The van der Waals surface area contributed by atoms with E-state index in [2.05, 4.69) is 37.1 Å². The van der Waals surface area contributed by atoms with Crippen LogP contribution >= 0.6 is 0 Å². The van der Waals surface area contributed by atoms with Gasteiger partial charge in [0.1, 0.15) is 0 Å². The summed E-state index contributed by atoms with van der Waals surface area (Å²) in [6.45, 7) is 4.19. The summed E-state index contributed by atoms with van der Waals surface area (Å²) in [6, 6.07) is 8.63. The molecule has 3 rings (SSSR count). The molecule has 2 heterocycles. The second-order valence-electron chi connectivity index (χ2n) is 5.99. The Morgan fingerprint density at radius 3 is 2.89 bits per heavy atom. The van der Waals surface area contributed by atoms with Crippen LogP contribution in [-0.4, -0.2) is 37.0 Å². The maximum atomic E-state index is 12.8. The van der Waals surface area contributed by atoms with Crippen molar-refractivity contribution in [1.29, 1.82) is 0 Å². The quantitative estimate of drug-likeness (QED) is 0.771. The van der Waals surface area contributed by atoms with Crippen LogP contribution in [0.3, 0.4) is 0 Å². The Balaban J connectivity index is 1.83. The monoisotopic (exact) mass is 258 g/mol. The van der Waals surface area contributed by atoms with E-state index in [-0.39, 0.29) is 5.92 Å². The molecule has 3 nitrogen and oxygen atoms in total. The highest BCUT2D eigenvalue weighted by molar-refractivity contribution is 5.97. The van der Waals surface area contributed by atoms with Crippen molar-refractivity contribution in [3.8, 4) is 0 Å². The molecule has 2 aliphatic heterocycles. The first kappa shape index (κ1) is 12.7. The summed E-state index contributed by atoms with van der Waals surface area (Å²) in [5.74, 6) is 0.497. The zero-order chi connectivity index (χ0) is 13.4. The standard InChI is InChI=1S/C16H22N2O/c1-12-10-13-6-3-4-8-15(13)18(12)16(19)14-7-5-9-17(2)11-14/h3-4,6,8,12,14H,5,7,9-11H2,1-2H3/t12-,14-/m1/s1. The molecule has 102 valence electrons. The van der Waals surface area contributed by atoms with Crippen molar-refractivity contribution in [2.24, 2.45) is 5.92 Å². The minimum atomic E-state index is 0.173. The zero-order valence-electron chi connectivity index (χ0n) is 11.8. The topological polar surface area (TPSA) is 23.6 Å². The molecule has 1 fully saturated rings. The number of anilines is 1. The number of piperidine rings is 1. The number of hydrogen-bond acceptors (Lipinski definition) is 2. The Morgan fingerprint density at radius 2 is 2.11 bits per heavy atom. The van der Waals surface area contributed by atoms with Crippen LogP contribution in [0.4, 0.5) is 5.69 Å². The van der Waals surface area contributed by atoms with Crippen molar-refractivity contribution in [2.75, 3.05) is 25.0 Å². The molecule has 0 unspecified atom stereocenters. The van der Waals surface area contributed by atoms with Crippen molar-refractivity contribution < 1.29 is 4.79 Å². The minimum Gasteiger partial charge on any atom is -0.309 e. The summed E-state index contributed by atoms with van der Waals surface area (Å²) in [7, 11) is 2.11. The van der Waals surface area contributed by atoms with Gasteiger partial charge in [-0.15, -0.1) is 0 Å². The van der Waals surface area contributed by atoms with Gasteiger partial charge in [0, 0.05) is 18.3 Å². The van der Waals surface area contributed by atoms with Crippen molar-refractivity contribution in [3.05, 3.63) is 29.8 Å². The second kappa shape index (κ2) is 4.97. The fourth-order valence-corrected chi connectivity index (χ4v) is 3.47. The van der Waals surface area contributed by atoms with Crippen LogP contribution in [0.1, 0.15) is 25.3 Å². The maximum absolute atomic E-state index is 12.8. The van der Waals surface area contributed by atoms with Crippen molar-refractivity contribution in [2.45, 2.75) is 32.2 Å². The van der Waals surface area contributed by atoms with Gasteiger partial charge in [0.05, 0.1) is 5.92 Å². The number of benzene rings is 1. The number of likely N-dealkylation sites (tertiary alicyclic amines) is 1. The maximum Gasteiger partial charge on any atom is 0.231 e. The van der Waals surface area contributed by atoms with Crippen LogP contribution in [0.25, 0.3) is 0 Å². The van der Waals surface area contributed by atoms with Gasteiger partial charge >= 0.3 is 0 Å². The van der Waals surface area contributed by atoms with Crippen molar-refractivity contribution in [1.82, 2.24) is 4.90 Å². The Bertz CT molecular complexity index is 485. The molecule has 0 aromatic heterocycles. The van der Waals surface area contributed by atoms with Crippen LogP contribution in [0.2, 0.25) is 0 Å². The molecule has 1 aromatic carbocycles. The molecule has 1 aromatic rings. The largest absolute Gasteiger partial charge is 0.309 e. The van der Waals surface area contributed by atoms with Gasteiger partial charge in [-0.1, -0.05) is 18.2 Å². The SMILES string of the molecule is C[C@@H]1Cc2ccccc2N1C(=O)[C@@H]1CCCN(C)C1. The number of rotatable bonds is 1. The van der Waals surface area contributed by atoms with Gasteiger partial charge < -0.3 is 9.80 Å². The Kier molecular flexibility index (Phi) is 3.31. The Labute approximate surface area is 115 Å². The highest BCUT2D eigenvalue weighted by atomic mass is 16.2. The van der Waals surface area contributed by atoms with Gasteiger partial charge in [-0.25, -0.2) is 0 Å². The predicted octanol–water partition coefficient (Wildman–Crippen LogP) is 2.31. The number of nitrogens with zero attached hydrogens (tertiary/aromatic N) is 2. The van der Waals surface area contributed by atoms with Gasteiger partial charge in [0.2, 0.25) is 5.91 Å². The van der Waals surface area contributed by atoms with Crippen molar-refractivity contribution in [3.63, 3.8) is 0 Å². The van der Waals surface area contributed by atoms with E-state index >= 15 is 0 Å². The van der Waals surface area contributed by atoms with Gasteiger partial charge in [-0.3, -0.25) is 4.79 Å². The van der Waals surface area contributed by atoms with E-state index < -0.39 is 0 Å². The lowest BCUT2D eigenvalue weighted by atomic mass is 9.96. The second-order valence-corrected chi connectivity index (χ2v) is 5.99. The van der Waals surface area contributed by atoms with E-state index in [4.69, 9.17) is 0 Å². The fraction of sp³-hybridized carbons (Fsp3) is 0.562. The smallest absolute Gasteiger partial charge is 0.231 e. The van der Waals surface area contributed by atoms with E-state index in [9.17, 15) is 4.79 Å².